The van der Waals surface area contributed by atoms with Crippen LogP contribution in [0.5, 0.6) is 0 Å². The van der Waals surface area contributed by atoms with Gasteiger partial charge in [0.1, 0.15) is 0 Å². The lowest BCUT2D eigenvalue weighted by atomic mass is 10.0. The van der Waals surface area contributed by atoms with Gasteiger partial charge < -0.3 is 20.1 Å². The van der Waals surface area contributed by atoms with Gasteiger partial charge >= 0.3 is 6.03 Å². The Morgan fingerprint density at radius 3 is 2.68 bits per heavy atom. The third-order valence-electron chi connectivity index (χ3n) is 3.80. The Morgan fingerprint density at radius 2 is 2.05 bits per heavy atom. The standard InChI is InChI=1S/C16H23ClN2O3/c1-21-11-15(13-2-4-14(17)5-3-13)19-16(20)18-10-12-6-8-22-9-7-12/h2-5,12,15H,6-11H2,1H3,(H2,18,19,20)/t15-/m1/s1. The molecule has 5 nitrogen and oxygen atoms in total. The highest BCUT2D eigenvalue weighted by Crippen LogP contribution is 2.17. The van der Waals surface area contributed by atoms with Gasteiger partial charge in [0, 0.05) is 31.9 Å². The first kappa shape index (κ1) is 17.1. The van der Waals surface area contributed by atoms with Crippen LogP contribution >= 0.6 is 11.6 Å². The number of hydrogen-bond donors (Lipinski definition) is 2. The lowest BCUT2D eigenvalue weighted by Gasteiger charge is -2.23. The minimum Gasteiger partial charge on any atom is -0.382 e. The maximum absolute atomic E-state index is 12.1. The number of benzene rings is 1. The van der Waals surface area contributed by atoms with Crippen LogP contribution in [0.15, 0.2) is 24.3 Å². The fourth-order valence-electron chi connectivity index (χ4n) is 2.48. The van der Waals surface area contributed by atoms with Gasteiger partial charge in [-0.05, 0) is 36.5 Å². The van der Waals surface area contributed by atoms with Crippen LogP contribution in [0.2, 0.25) is 5.02 Å². The number of amides is 2. The van der Waals surface area contributed by atoms with Crippen molar-refractivity contribution < 1.29 is 14.3 Å². The number of hydrogen-bond acceptors (Lipinski definition) is 3. The van der Waals surface area contributed by atoms with E-state index in [0.717, 1.165) is 31.6 Å². The monoisotopic (exact) mass is 326 g/mol. The molecule has 6 heteroatoms. The normalized spacial score (nSPS) is 17.0. The average Bonchev–Trinajstić information content (AvgIpc) is 2.54. The van der Waals surface area contributed by atoms with E-state index in [1.54, 1.807) is 19.2 Å². The summed E-state index contributed by atoms with van der Waals surface area (Å²) in [6.45, 7) is 2.65. The van der Waals surface area contributed by atoms with E-state index in [1.807, 2.05) is 12.1 Å². The number of halogens is 1. The molecule has 1 aliphatic rings. The van der Waals surface area contributed by atoms with Crippen molar-refractivity contribution in [1.82, 2.24) is 10.6 Å². The molecule has 0 unspecified atom stereocenters. The van der Waals surface area contributed by atoms with Gasteiger partial charge in [-0.3, -0.25) is 0 Å². The van der Waals surface area contributed by atoms with Gasteiger partial charge in [0.15, 0.2) is 0 Å². The highest BCUT2D eigenvalue weighted by Gasteiger charge is 2.17. The summed E-state index contributed by atoms with van der Waals surface area (Å²) in [5, 5.41) is 6.55. The summed E-state index contributed by atoms with van der Waals surface area (Å²) in [4.78, 5) is 12.1. The fourth-order valence-corrected chi connectivity index (χ4v) is 2.61. The summed E-state index contributed by atoms with van der Waals surface area (Å²) in [7, 11) is 1.62. The summed E-state index contributed by atoms with van der Waals surface area (Å²) in [5.41, 5.74) is 0.965. The minimum atomic E-state index is -0.197. The van der Waals surface area contributed by atoms with Gasteiger partial charge in [0.2, 0.25) is 0 Å². The smallest absolute Gasteiger partial charge is 0.315 e. The Kier molecular flexibility index (Phi) is 6.96. The van der Waals surface area contributed by atoms with Gasteiger partial charge in [-0.2, -0.15) is 0 Å². The third kappa shape index (κ3) is 5.48. The quantitative estimate of drug-likeness (QED) is 0.845. The molecule has 1 saturated heterocycles. The zero-order chi connectivity index (χ0) is 15.8. The minimum absolute atomic E-state index is 0.177. The lowest BCUT2D eigenvalue weighted by Crippen LogP contribution is -2.42. The van der Waals surface area contributed by atoms with Crippen molar-refractivity contribution in [2.24, 2.45) is 5.92 Å². The first-order valence-corrected chi connectivity index (χ1v) is 7.93. The zero-order valence-corrected chi connectivity index (χ0v) is 13.6. The molecule has 1 aromatic rings. The summed E-state index contributed by atoms with van der Waals surface area (Å²) in [5.74, 6) is 0.496. The molecule has 1 fully saturated rings. The van der Waals surface area contributed by atoms with E-state index in [-0.39, 0.29) is 12.1 Å². The van der Waals surface area contributed by atoms with Crippen molar-refractivity contribution in [2.45, 2.75) is 18.9 Å². The van der Waals surface area contributed by atoms with Gasteiger partial charge in [0.05, 0.1) is 12.6 Å². The first-order chi connectivity index (χ1) is 10.7. The van der Waals surface area contributed by atoms with Crippen LogP contribution in [0.3, 0.4) is 0 Å². The molecule has 0 spiro atoms. The topological polar surface area (TPSA) is 59.6 Å². The molecule has 0 aromatic heterocycles. The van der Waals surface area contributed by atoms with E-state index in [2.05, 4.69) is 10.6 Å². The SMILES string of the molecule is COC[C@@H](NC(=O)NCC1CCOCC1)c1ccc(Cl)cc1. The molecular weight excluding hydrogens is 304 g/mol. The molecule has 122 valence electrons. The highest BCUT2D eigenvalue weighted by molar-refractivity contribution is 6.30. The van der Waals surface area contributed by atoms with E-state index in [1.165, 1.54) is 0 Å². The molecule has 22 heavy (non-hydrogen) atoms. The Labute approximate surface area is 136 Å². The predicted molar refractivity (Wildman–Crippen MR) is 86.1 cm³/mol. The molecule has 1 heterocycles. The Hall–Kier alpha value is -1.30. The maximum Gasteiger partial charge on any atom is 0.315 e. The van der Waals surface area contributed by atoms with E-state index in [0.29, 0.717) is 24.1 Å². The van der Waals surface area contributed by atoms with Crippen molar-refractivity contribution in [3.8, 4) is 0 Å². The number of ether oxygens (including phenoxy) is 2. The van der Waals surface area contributed by atoms with Crippen molar-refractivity contribution in [2.75, 3.05) is 33.5 Å². The molecule has 1 aliphatic heterocycles. The number of methoxy groups -OCH3 is 1. The molecular formula is C16H23ClN2O3. The average molecular weight is 327 g/mol. The number of carbonyl (C=O) groups is 1. The van der Waals surface area contributed by atoms with E-state index >= 15 is 0 Å². The van der Waals surface area contributed by atoms with Crippen molar-refractivity contribution in [1.29, 1.82) is 0 Å². The second-order valence-electron chi connectivity index (χ2n) is 5.47. The number of carbonyl (C=O) groups excluding carboxylic acids is 1. The van der Waals surface area contributed by atoms with Crippen LogP contribution in [0.4, 0.5) is 4.79 Å². The fraction of sp³-hybridized carbons (Fsp3) is 0.562. The molecule has 0 aliphatic carbocycles. The summed E-state index contributed by atoms with van der Waals surface area (Å²) >= 11 is 5.89. The Bertz CT molecular complexity index is 461. The van der Waals surface area contributed by atoms with Crippen LogP contribution < -0.4 is 10.6 Å². The van der Waals surface area contributed by atoms with Crippen LogP contribution in [-0.4, -0.2) is 39.5 Å². The predicted octanol–water partition coefficient (Wildman–Crippen LogP) is 2.75. The Morgan fingerprint density at radius 1 is 1.36 bits per heavy atom. The van der Waals surface area contributed by atoms with Gasteiger partial charge in [-0.15, -0.1) is 0 Å². The number of urea groups is 1. The second-order valence-corrected chi connectivity index (χ2v) is 5.91. The van der Waals surface area contributed by atoms with Crippen LogP contribution in [-0.2, 0) is 9.47 Å². The Balaban J connectivity index is 1.84. The van der Waals surface area contributed by atoms with E-state index < -0.39 is 0 Å². The van der Waals surface area contributed by atoms with Crippen LogP contribution in [0.25, 0.3) is 0 Å². The molecule has 2 amide bonds. The molecule has 1 atom stereocenters. The molecule has 1 aromatic carbocycles. The van der Waals surface area contributed by atoms with Crippen LogP contribution in [0.1, 0.15) is 24.4 Å². The van der Waals surface area contributed by atoms with E-state index in [4.69, 9.17) is 21.1 Å². The lowest BCUT2D eigenvalue weighted by molar-refractivity contribution is 0.0668. The van der Waals surface area contributed by atoms with Crippen molar-refractivity contribution in [3.05, 3.63) is 34.9 Å². The molecule has 2 N–H and O–H groups in total. The second kappa shape index (κ2) is 8.98. The van der Waals surface area contributed by atoms with Gasteiger partial charge in [-0.1, -0.05) is 23.7 Å². The zero-order valence-electron chi connectivity index (χ0n) is 12.8. The first-order valence-electron chi connectivity index (χ1n) is 7.55. The maximum atomic E-state index is 12.1. The summed E-state index contributed by atoms with van der Waals surface area (Å²) in [6.07, 6.45) is 2.00. The molecule has 0 saturated carbocycles. The van der Waals surface area contributed by atoms with Crippen molar-refractivity contribution >= 4 is 17.6 Å². The summed E-state index contributed by atoms with van der Waals surface area (Å²) in [6, 6.07) is 7.03. The largest absolute Gasteiger partial charge is 0.382 e. The summed E-state index contributed by atoms with van der Waals surface area (Å²) < 4.78 is 10.5. The van der Waals surface area contributed by atoms with Gasteiger partial charge in [0.25, 0.3) is 0 Å². The number of nitrogens with one attached hydrogen (secondary N) is 2. The molecule has 0 bridgehead atoms. The highest BCUT2D eigenvalue weighted by atomic mass is 35.5. The third-order valence-corrected chi connectivity index (χ3v) is 4.06. The van der Waals surface area contributed by atoms with Gasteiger partial charge in [-0.25, -0.2) is 4.79 Å². The molecule has 2 rings (SSSR count). The van der Waals surface area contributed by atoms with E-state index in [9.17, 15) is 4.79 Å². The number of rotatable bonds is 6. The molecule has 0 radical (unpaired) electrons. The van der Waals surface area contributed by atoms with Crippen LogP contribution in [0, 0.1) is 5.92 Å². The van der Waals surface area contributed by atoms with Crippen molar-refractivity contribution in [3.63, 3.8) is 0 Å².